The van der Waals surface area contributed by atoms with Gasteiger partial charge in [-0.05, 0) is 18.6 Å². The molecule has 0 N–H and O–H groups in total. The van der Waals surface area contributed by atoms with Crippen molar-refractivity contribution in [2.45, 2.75) is 17.7 Å². The van der Waals surface area contributed by atoms with Crippen LogP contribution in [0.1, 0.15) is 23.2 Å². The van der Waals surface area contributed by atoms with Gasteiger partial charge in [-0.1, -0.05) is 6.07 Å². The van der Waals surface area contributed by atoms with E-state index in [1.807, 2.05) is 0 Å². The first-order chi connectivity index (χ1) is 7.56. The molecular weight excluding hydrogens is 228 g/mol. The number of hydrogen-bond donors (Lipinski definition) is 0. The Balaban J connectivity index is 2.78. The lowest BCUT2D eigenvalue weighted by molar-refractivity contribution is 0.0979. The molecule has 0 bridgehead atoms. The summed E-state index contributed by atoms with van der Waals surface area (Å²) in [7, 11) is -2.00. The van der Waals surface area contributed by atoms with Crippen molar-refractivity contribution in [3.05, 3.63) is 23.8 Å². The Morgan fingerprint density at radius 1 is 1.31 bits per heavy atom. The van der Waals surface area contributed by atoms with Crippen LogP contribution in [0.25, 0.3) is 0 Å². The van der Waals surface area contributed by atoms with Crippen LogP contribution in [-0.4, -0.2) is 27.1 Å². The molecule has 86 valence electrons. The lowest BCUT2D eigenvalue weighted by atomic mass is 10.1. The van der Waals surface area contributed by atoms with Gasteiger partial charge in [-0.3, -0.25) is 4.79 Å². The third-order valence-corrected chi connectivity index (χ3v) is 4.50. The number of carbonyl (C=O) groups is 1. The molecule has 1 aromatic rings. The van der Waals surface area contributed by atoms with E-state index in [1.165, 1.54) is 7.11 Å². The number of fused-ring (bicyclic) bond motifs is 1. The van der Waals surface area contributed by atoms with E-state index in [9.17, 15) is 13.2 Å². The van der Waals surface area contributed by atoms with Gasteiger partial charge in [0, 0.05) is 12.0 Å². The van der Waals surface area contributed by atoms with Gasteiger partial charge in [-0.15, -0.1) is 0 Å². The molecule has 0 spiro atoms. The van der Waals surface area contributed by atoms with Crippen molar-refractivity contribution in [2.75, 3.05) is 12.9 Å². The molecule has 4 nitrogen and oxygen atoms in total. The van der Waals surface area contributed by atoms with Crippen LogP contribution in [0.2, 0.25) is 0 Å². The van der Waals surface area contributed by atoms with Crippen molar-refractivity contribution in [3.63, 3.8) is 0 Å². The summed E-state index contributed by atoms with van der Waals surface area (Å²) in [4.78, 5) is 11.8. The summed E-state index contributed by atoms with van der Waals surface area (Å²) >= 11 is 0. The molecule has 0 aliphatic carbocycles. The molecule has 1 aliphatic heterocycles. The number of ether oxygens (including phenoxy) is 1. The van der Waals surface area contributed by atoms with Gasteiger partial charge in [0.25, 0.3) is 0 Å². The molecule has 0 saturated heterocycles. The summed E-state index contributed by atoms with van der Waals surface area (Å²) in [6.45, 7) is 0. The van der Waals surface area contributed by atoms with E-state index in [-0.39, 0.29) is 34.2 Å². The number of hydrogen-bond acceptors (Lipinski definition) is 4. The van der Waals surface area contributed by atoms with Gasteiger partial charge in [0.05, 0.1) is 12.9 Å². The van der Waals surface area contributed by atoms with Gasteiger partial charge in [-0.2, -0.15) is 0 Å². The lowest BCUT2D eigenvalue weighted by Crippen LogP contribution is -2.09. The highest BCUT2D eigenvalue weighted by Gasteiger charge is 2.29. The second-order valence-electron chi connectivity index (χ2n) is 3.68. The maximum absolute atomic E-state index is 12.0. The highest BCUT2D eigenvalue weighted by molar-refractivity contribution is 7.91. The Hall–Kier alpha value is -1.36. The molecular formula is C11H12O4S. The Bertz CT molecular complexity index is 531. The molecule has 0 aromatic heterocycles. The molecule has 0 saturated carbocycles. The molecule has 1 heterocycles. The van der Waals surface area contributed by atoms with Crippen LogP contribution >= 0.6 is 0 Å². The molecule has 5 heteroatoms. The van der Waals surface area contributed by atoms with Gasteiger partial charge < -0.3 is 4.74 Å². The molecule has 1 aliphatic rings. The zero-order chi connectivity index (χ0) is 11.8. The Morgan fingerprint density at radius 3 is 2.75 bits per heavy atom. The summed E-state index contributed by atoms with van der Waals surface area (Å²) in [5.41, 5.74) is 0.261. The van der Waals surface area contributed by atoms with Crippen LogP contribution in [0.4, 0.5) is 0 Å². The Kier molecular flexibility index (Phi) is 2.71. The van der Waals surface area contributed by atoms with Crippen molar-refractivity contribution < 1.29 is 17.9 Å². The number of Topliss-reactive ketones (excluding diaryl/α,β-unsaturated/α-hetero) is 1. The Labute approximate surface area is 94.2 Å². The summed E-state index contributed by atoms with van der Waals surface area (Å²) in [6, 6.07) is 4.74. The highest BCUT2D eigenvalue weighted by Crippen LogP contribution is 2.32. The molecule has 2 rings (SSSR count). The van der Waals surface area contributed by atoms with E-state index >= 15 is 0 Å². The van der Waals surface area contributed by atoms with Crippen LogP contribution in [0.5, 0.6) is 5.75 Å². The summed E-state index contributed by atoms with van der Waals surface area (Å²) < 4.78 is 29.0. The highest BCUT2D eigenvalue weighted by atomic mass is 32.2. The van der Waals surface area contributed by atoms with Crippen LogP contribution in [0.15, 0.2) is 23.1 Å². The lowest BCUT2D eigenvalue weighted by Gasteiger charge is -2.09. The molecule has 0 radical (unpaired) electrons. The predicted octanol–water partition coefficient (Wildman–Crippen LogP) is 1.45. The van der Waals surface area contributed by atoms with Gasteiger partial charge in [0.15, 0.2) is 15.6 Å². The quantitative estimate of drug-likeness (QED) is 0.745. The zero-order valence-electron chi connectivity index (χ0n) is 8.89. The van der Waals surface area contributed by atoms with Gasteiger partial charge in [0.1, 0.15) is 10.6 Å². The third-order valence-electron chi connectivity index (χ3n) is 2.63. The minimum absolute atomic E-state index is 0.00606. The van der Waals surface area contributed by atoms with Crippen LogP contribution in [0, 0.1) is 0 Å². The standard InChI is InChI=1S/C11H12O4S/c1-15-10-6-2-4-8-9(12)5-3-7-16(13,14)11(8)10/h2,4,6H,3,5,7H2,1H3. The minimum atomic E-state index is -3.40. The van der Waals surface area contributed by atoms with E-state index in [1.54, 1.807) is 18.2 Å². The number of benzene rings is 1. The van der Waals surface area contributed by atoms with Gasteiger partial charge >= 0.3 is 0 Å². The maximum atomic E-state index is 12.0. The van der Waals surface area contributed by atoms with Gasteiger partial charge in [0.2, 0.25) is 0 Å². The van der Waals surface area contributed by atoms with Crippen LogP contribution in [-0.2, 0) is 9.84 Å². The maximum Gasteiger partial charge on any atom is 0.182 e. The molecule has 1 aromatic carbocycles. The molecule has 0 unspecified atom stereocenters. The molecule has 0 fully saturated rings. The van der Waals surface area contributed by atoms with E-state index in [0.717, 1.165) is 0 Å². The smallest absolute Gasteiger partial charge is 0.182 e. The van der Waals surface area contributed by atoms with E-state index in [0.29, 0.717) is 6.42 Å². The molecule has 0 amide bonds. The first-order valence-electron chi connectivity index (χ1n) is 4.99. The van der Waals surface area contributed by atoms with Crippen molar-refractivity contribution in [3.8, 4) is 5.75 Å². The normalized spacial score (nSPS) is 18.7. The third kappa shape index (κ3) is 1.71. The van der Waals surface area contributed by atoms with Crippen LogP contribution in [0.3, 0.4) is 0 Å². The molecule has 16 heavy (non-hydrogen) atoms. The SMILES string of the molecule is COc1cccc2c1S(=O)(=O)CCCC2=O. The number of sulfone groups is 1. The number of ketones is 1. The second kappa shape index (κ2) is 3.90. The fraction of sp³-hybridized carbons (Fsp3) is 0.364. The monoisotopic (exact) mass is 240 g/mol. The number of carbonyl (C=O) groups excluding carboxylic acids is 1. The topological polar surface area (TPSA) is 60.4 Å². The number of methoxy groups -OCH3 is 1. The summed E-state index contributed by atoms with van der Waals surface area (Å²) in [5.74, 6) is 0.134. The fourth-order valence-electron chi connectivity index (χ4n) is 1.88. The van der Waals surface area contributed by atoms with Crippen molar-refractivity contribution >= 4 is 15.6 Å². The second-order valence-corrected chi connectivity index (χ2v) is 5.73. The first kappa shape index (κ1) is 11.1. The largest absolute Gasteiger partial charge is 0.495 e. The molecule has 0 atom stereocenters. The van der Waals surface area contributed by atoms with E-state index in [4.69, 9.17) is 4.74 Å². The van der Waals surface area contributed by atoms with Gasteiger partial charge in [-0.25, -0.2) is 8.42 Å². The first-order valence-corrected chi connectivity index (χ1v) is 6.64. The average molecular weight is 240 g/mol. The van der Waals surface area contributed by atoms with Crippen molar-refractivity contribution in [2.24, 2.45) is 0 Å². The number of rotatable bonds is 1. The zero-order valence-corrected chi connectivity index (χ0v) is 9.71. The van der Waals surface area contributed by atoms with Crippen molar-refractivity contribution in [1.29, 1.82) is 0 Å². The fourth-order valence-corrected chi connectivity index (χ4v) is 3.58. The van der Waals surface area contributed by atoms with E-state index in [2.05, 4.69) is 0 Å². The summed E-state index contributed by atoms with van der Waals surface area (Å²) in [6.07, 6.45) is 0.651. The van der Waals surface area contributed by atoms with E-state index < -0.39 is 9.84 Å². The average Bonchev–Trinajstić information content (AvgIpc) is 2.37. The Morgan fingerprint density at radius 2 is 2.06 bits per heavy atom. The summed E-state index contributed by atoms with van der Waals surface area (Å²) in [5, 5.41) is 0. The van der Waals surface area contributed by atoms with Crippen LogP contribution < -0.4 is 4.74 Å². The predicted molar refractivity (Wildman–Crippen MR) is 58.6 cm³/mol. The minimum Gasteiger partial charge on any atom is -0.495 e. The van der Waals surface area contributed by atoms with Crippen molar-refractivity contribution in [1.82, 2.24) is 0 Å².